The second-order valence-electron chi connectivity index (χ2n) is 11.0. The van der Waals surface area contributed by atoms with Crippen LogP contribution in [0.2, 0.25) is 5.02 Å². The van der Waals surface area contributed by atoms with E-state index in [0.29, 0.717) is 60.1 Å². The van der Waals surface area contributed by atoms with Gasteiger partial charge in [0, 0.05) is 54.7 Å². The highest BCUT2D eigenvalue weighted by Gasteiger charge is 2.27. The molecule has 7 nitrogen and oxygen atoms in total. The summed E-state index contributed by atoms with van der Waals surface area (Å²) in [5, 5.41) is 6.34. The van der Waals surface area contributed by atoms with Gasteiger partial charge in [0.2, 0.25) is 5.91 Å². The minimum Gasteiger partial charge on any atom is -0.369 e. The topological polar surface area (TPSA) is 81.8 Å². The quantitative estimate of drug-likeness (QED) is 0.212. The maximum absolute atomic E-state index is 13.6. The molecule has 5 rings (SSSR count). The molecule has 3 amide bonds. The maximum Gasteiger partial charge on any atom is 0.255 e. The molecule has 0 saturated carbocycles. The Kier molecular flexibility index (Phi) is 10.5. The fourth-order valence-electron chi connectivity index (χ4n) is 5.59. The zero-order valence-electron chi connectivity index (χ0n) is 25.1. The van der Waals surface area contributed by atoms with Crippen LogP contribution in [0.5, 0.6) is 0 Å². The van der Waals surface area contributed by atoms with Crippen LogP contribution in [0.15, 0.2) is 97.1 Å². The van der Waals surface area contributed by atoms with Crippen LogP contribution in [-0.4, -0.2) is 48.8 Å². The Labute approximate surface area is 268 Å². The normalized spacial score (nSPS) is 13.9. The van der Waals surface area contributed by atoms with Crippen LogP contribution < -0.4 is 15.5 Å². The molecule has 232 valence electrons. The average Bonchev–Trinajstić information content (AvgIpc) is 3.32. The van der Waals surface area contributed by atoms with Crippen molar-refractivity contribution < 1.29 is 18.8 Å². The molecule has 0 unspecified atom stereocenters. The number of amides is 3. The molecule has 9 heteroatoms. The number of nitrogens with one attached hydrogen (secondary N) is 2. The third kappa shape index (κ3) is 8.08. The van der Waals surface area contributed by atoms with Gasteiger partial charge in [0.15, 0.2) is 0 Å². The number of carbonyl (C=O) groups is 3. The zero-order chi connectivity index (χ0) is 31.8. The lowest BCUT2D eigenvalue weighted by Gasteiger charge is -2.28. The summed E-state index contributed by atoms with van der Waals surface area (Å²) in [7, 11) is 0. The van der Waals surface area contributed by atoms with Gasteiger partial charge in [0.05, 0.1) is 11.5 Å². The monoisotopic (exact) mass is 626 g/mol. The number of hydrogen-bond donors (Lipinski definition) is 2. The smallest absolute Gasteiger partial charge is 0.255 e. The number of carbonyl (C=O) groups excluding carboxylic acids is 3. The zero-order valence-corrected chi connectivity index (χ0v) is 25.9. The van der Waals surface area contributed by atoms with Crippen LogP contribution in [0.1, 0.15) is 57.5 Å². The van der Waals surface area contributed by atoms with Crippen molar-refractivity contribution in [1.29, 1.82) is 0 Å². The van der Waals surface area contributed by atoms with E-state index in [-0.39, 0.29) is 36.0 Å². The van der Waals surface area contributed by atoms with E-state index in [1.807, 2.05) is 48.2 Å². The van der Waals surface area contributed by atoms with E-state index in [2.05, 4.69) is 15.5 Å². The molecule has 45 heavy (non-hydrogen) atoms. The van der Waals surface area contributed by atoms with Crippen LogP contribution in [0, 0.1) is 5.82 Å². The van der Waals surface area contributed by atoms with Crippen molar-refractivity contribution in [3.05, 3.63) is 130 Å². The van der Waals surface area contributed by atoms with Crippen molar-refractivity contribution in [2.24, 2.45) is 0 Å². The molecule has 0 radical (unpaired) electrons. The van der Waals surface area contributed by atoms with Gasteiger partial charge >= 0.3 is 0 Å². The van der Waals surface area contributed by atoms with Crippen molar-refractivity contribution in [2.75, 3.05) is 36.4 Å². The molecule has 4 aromatic carbocycles. The van der Waals surface area contributed by atoms with Gasteiger partial charge in [-0.2, -0.15) is 0 Å². The van der Waals surface area contributed by atoms with Gasteiger partial charge in [-0.15, -0.1) is 0 Å². The fourth-order valence-corrected chi connectivity index (χ4v) is 5.72. The van der Waals surface area contributed by atoms with Gasteiger partial charge in [-0.25, -0.2) is 4.39 Å². The number of halogens is 2. The van der Waals surface area contributed by atoms with Crippen LogP contribution in [0.4, 0.5) is 15.8 Å². The van der Waals surface area contributed by atoms with Crippen molar-refractivity contribution >= 4 is 40.7 Å². The first-order chi connectivity index (χ1) is 21.8. The largest absolute Gasteiger partial charge is 0.369 e. The van der Waals surface area contributed by atoms with Gasteiger partial charge in [-0.05, 0) is 78.6 Å². The molecule has 1 aliphatic rings. The van der Waals surface area contributed by atoms with E-state index >= 15 is 0 Å². The Morgan fingerprint density at radius 2 is 1.58 bits per heavy atom. The summed E-state index contributed by atoms with van der Waals surface area (Å²) in [6.07, 6.45) is 1.45. The molecule has 0 spiro atoms. The molecule has 0 bridgehead atoms. The van der Waals surface area contributed by atoms with Gasteiger partial charge in [0.25, 0.3) is 11.8 Å². The van der Waals surface area contributed by atoms with E-state index < -0.39 is 0 Å². The highest BCUT2D eigenvalue weighted by atomic mass is 35.5. The average molecular weight is 627 g/mol. The first-order valence-electron chi connectivity index (χ1n) is 15.1. The molecule has 1 aliphatic heterocycles. The van der Waals surface area contributed by atoms with E-state index in [1.165, 1.54) is 12.1 Å². The number of rotatable bonds is 9. The van der Waals surface area contributed by atoms with Crippen LogP contribution >= 0.6 is 11.6 Å². The number of anilines is 2. The Morgan fingerprint density at radius 1 is 0.844 bits per heavy atom. The van der Waals surface area contributed by atoms with Gasteiger partial charge in [-0.3, -0.25) is 14.4 Å². The summed E-state index contributed by atoms with van der Waals surface area (Å²) in [6.45, 7) is 4.59. The lowest BCUT2D eigenvalue weighted by Crippen LogP contribution is -2.38. The van der Waals surface area contributed by atoms with Crippen molar-refractivity contribution in [3.8, 4) is 0 Å². The van der Waals surface area contributed by atoms with E-state index in [4.69, 9.17) is 11.6 Å². The minimum absolute atomic E-state index is 0.114. The highest BCUT2D eigenvalue weighted by molar-refractivity contribution is 6.30. The molecule has 4 aromatic rings. The Balaban J connectivity index is 1.36. The summed E-state index contributed by atoms with van der Waals surface area (Å²) in [6, 6.07) is 27.6. The summed E-state index contributed by atoms with van der Waals surface area (Å²) in [4.78, 5) is 44.2. The third-order valence-corrected chi connectivity index (χ3v) is 8.28. The molecule has 1 fully saturated rings. The molecule has 0 aromatic heterocycles. The molecule has 2 N–H and O–H groups in total. The summed E-state index contributed by atoms with van der Waals surface area (Å²) in [5.41, 5.74) is 3.77. The third-order valence-electron chi connectivity index (χ3n) is 8.03. The lowest BCUT2D eigenvalue weighted by molar-refractivity contribution is -0.132. The van der Waals surface area contributed by atoms with Crippen LogP contribution in [0.25, 0.3) is 0 Å². The van der Waals surface area contributed by atoms with Gasteiger partial charge < -0.3 is 20.4 Å². The second kappa shape index (κ2) is 14.9. The molecule has 1 saturated heterocycles. The second-order valence-corrected chi connectivity index (χ2v) is 11.5. The summed E-state index contributed by atoms with van der Waals surface area (Å²) < 4.78 is 13.4. The number of benzene rings is 4. The lowest BCUT2D eigenvalue weighted by atomic mass is 9.95. The van der Waals surface area contributed by atoms with Crippen LogP contribution in [0.3, 0.4) is 0 Å². The minimum atomic E-state index is -0.348. The maximum atomic E-state index is 13.6. The number of hydrogen-bond acceptors (Lipinski definition) is 4. The predicted molar refractivity (Wildman–Crippen MR) is 176 cm³/mol. The van der Waals surface area contributed by atoms with Crippen LogP contribution in [-0.2, 0) is 11.3 Å². The fraction of sp³-hybridized carbons (Fsp3) is 0.250. The van der Waals surface area contributed by atoms with E-state index in [9.17, 15) is 18.8 Å². The van der Waals surface area contributed by atoms with Crippen molar-refractivity contribution in [3.63, 3.8) is 0 Å². The van der Waals surface area contributed by atoms with Gasteiger partial charge in [0.1, 0.15) is 5.82 Å². The standard InChI is InChI=1S/C36H36ClFN4O3/c1-2-31(26-7-4-3-5-8-26)36(45)42-20-6-19-41(21-22-42)33-18-17-30(40-34(43)27-11-13-28(37)14-12-27)23-32(33)35(44)39-24-25-9-15-29(38)16-10-25/h3-5,7-18,23,31H,2,6,19-22,24H2,1H3,(H,39,44)(H,40,43)/t31-/m1/s1. The molecular weight excluding hydrogens is 591 g/mol. The molecule has 1 atom stereocenters. The van der Waals surface area contributed by atoms with Crippen molar-refractivity contribution in [1.82, 2.24) is 10.2 Å². The van der Waals surface area contributed by atoms with Gasteiger partial charge in [-0.1, -0.05) is 61.0 Å². The van der Waals surface area contributed by atoms with Crippen molar-refractivity contribution in [2.45, 2.75) is 32.2 Å². The summed E-state index contributed by atoms with van der Waals surface area (Å²) >= 11 is 5.97. The molecule has 1 heterocycles. The van der Waals surface area contributed by atoms with E-state index in [0.717, 1.165) is 17.5 Å². The molecule has 0 aliphatic carbocycles. The SMILES string of the molecule is CC[C@@H](C(=O)N1CCCN(c2ccc(NC(=O)c3ccc(Cl)cc3)cc2C(=O)NCc2ccc(F)cc2)CC1)c1ccccc1. The predicted octanol–water partition coefficient (Wildman–Crippen LogP) is 6.89. The first kappa shape index (κ1) is 31.7. The Bertz CT molecular complexity index is 1630. The highest BCUT2D eigenvalue weighted by Crippen LogP contribution is 2.28. The molecular formula is C36H36ClFN4O3. The Hall–Kier alpha value is -4.69. The van der Waals surface area contributed by atoms with E-state index in [1.54, 1.807) is 48.5 Å². The number of nitrogens with zero attached hydrogens (tertiary/aromatic N) is 2. The first-order valence-corrected chi connectivity index (χ1v) is 15.5. The Morgan fingerprint density at radius 3 is 2.29 bits per heavy atom. The summed E-state index contributed by atoms with van der Waals surface area (Å²) in [5.74, 6) is -1.09.